The average Bonchev–Trinajstić information content (AvgIpc) is 2.70. The zero-order valence-corrected chi connectivity index (χ0v) is 14.9. The van der Waals surface area contributed by atoms with E-state index in [0.29, 0.717) is 17.1 Å². The van der Waals surface area contributed by atoms with E-state index in [4.69, 9.17) is 9.47 Å². The number of ether oxygens (including phenoxy) is 2. The number of aryl methyl sites for hydroxylation is 1. The maximum absolute atomic E-state index is 12.6. The molecule has 1 atom stereocenters. The van der Waals surface area contributed by atoms with Crippen LogP contribution in [-0.2, 0) is 11.2 Å². The van der Waals surface area contributed by atoms with Crippen LogP contribution in [0, 0.1) is 0 Å². The predicted octanol–water partition coefficient (Wildman–Crippen LogP) is 2.58. The lowest BCUT2D eigenvalue weighted by Gasteiger charge is -2.24. The lowest BCUT2D eigenvalue weighted by Crippen LogP contribution is -2.44. The largest absolute Gasteiger partial charge is 0.497 e. The highest BCUT2D eigenvalue weighted by molar-refractivity contribution is 5.96. The summed E-state index contributed by atoms with van der Waals surface area (Å²) in [6, 6.07) is 12.8. The molecule has 0 saturated carbocycles. The number of rotatable bonds is 4. The van der Waals surface area contributed by atoms with E-state index in [1.165, 1.54) is 19.8 Å². The lowest BCUT2D eigenvalue weighted by atomic mass is 9.82. The first kappa shape index (κ1) is 17.8. The van der Waals surface area contributed by atoms with Crippen LogP contribution in [0.2, 0.25) is 0 Å². The summed E-state index contributed by atoms with van der Waals surface area (Å²) in [6.45, 7) is 0. The SMILES string of the molecule is COc1cc(OC)cc(C(=O)NNC(=O)[C@@H]2CCCc3ccccc32)c1. The van der Waals surface area contributed by atoms with Crippen molar-refractivity contribution >= 4 is 11.8 Å². The maximum atomic E-state index is 12.6. The third kappa shape index (κ3) is 3.79. The van der Waals surface area contributed by atoms with Crippen molar-refractivity contribution in [2.24, 2.45) is 0 Å². The van der Waals surface area contributed by atoms with Gasteiger partial charge in [0.15, 0.2) is 0 Å². The van der Waals surface area contributed by atoms with Gasteiger partial charge in [-0.1, -0.05) is 24.3 Å². The molecule has 0 spiro atoms. The van der Waals surface area contributed by atoms with Crippen molar-refractivity contribution < 1.29 is 19.1 Å². The Bertz CT molecular complexity index is 797. The summed E-state index contributed by atoms with van der Waals surface area (Å²) in [7, 11) is 3.03. The van der Waals surface area contributed by atoms with E-state index in [-0.39, 0.29) is 11.8 Å². The highest BCUT2D eigenvalue weighted by Crippen LogP contribution is 2.31. The molecule has 6 nitrogen and oxygen atoms in total. The molecular weight excluding hydrogens is 332 g/mol. The van der Waals surface area contributed by atoms with Crippen molar-refractivity contribution in [2.75, 3.05) is 14.2 Å². The molecule has 3 rings (SSSR count). The predicted molar refractivity (Wildman–Crippen MR) is 97.3 cm³/mol. The van der Waals surface area contributed by atoms with Crippen LogP contribution in [0.5, 0.6) is 11.5 Å². The molecule has 1 aliphatic carbocycles. The molecule has 0 aromatic heterocycles. The second-order valence-electron chi connectivity index (χ2n) is 6.19. The van der Waals surface area contributed by atoms with Crippen LogP contribution in [0.4, 0.5) is 0 Å². The minimum Gasteiger partial charge on any atom is -0.497 e. The summed E-state index contributed by atoms with van der Waals surface area (Å²) in [5, 5.41) is 0. The van der Waals surface area contributed by atoms with Crippen LogP contribution in [0.15, 0.2) is 42.5 Å². The Morgan fingerprint density at radius 1 is 1.00 bits per heavy atom. The Morgan fingerprint density at radius 2 is 1.69 bits per heavy atom. The summed E-state index contributed by atoms with van der Waals surface area (Å²) in [4.78, 5) is 24.9. The van der Waals surface area contributed by atoms with Crippen LogP contribution >= 0.6 is 0 Å². The molecule has 2 aromatic rings. The van der Waals surface area contributed by atoms with Gasteiger partial charge in [0.05, 0.1) is 20.1 Å². The zero-order valence-electron chi connectivity index (χ0n) is 14.9. The van der Waals surface area contributed by atoms with Gasteiger partial charge >= 0.3 is 0 Å². The van der Waals surface area contributed by atoms with Crippen molar-refractivity contribution in [3.05, 3.63) is 59.2 Å². The minimum absolute atomic E-state index is 0.208. The van der Waals surface area contributed by atoms with Crippen LogP contribution in [0.25, 0.3) is 0 Å². The van der Waals surface area contributed by atoms with Gasteiger partial charge in [-0.2, -0.15) is 0 Å². The fourth-order valence-corrected chi connectivity index (χ4v) is 3.24. The molecule has 2 N–H and O–H groups in total. The fraction of sp³-hybridized carbons (Fsp3) is 0.300. The Kier molecular flexibility index (Phi) is 5.41. The van der Waals surface area contributed by atoms with Crippen molar-refractivity contribution in [3.63, 3.8) is 0 Å². The molecular formula is C20H22N2O4. The van der Waals surface area contributed by atoms with Crippen molar-refractivity contribution in [1.82, 2.24) is 10.9 Å². The normalized spacial score (nSPS) is 15.5. The molecule has 0 unspecified atom stereocenters. The standard InChI is InChI=1S/C20H22N2O4/c1-25-15-10-14(11-16(12-15)26-2)19(23)21-22-20(24)18-9-5-7-13-6-3-4-8-17(13)18/h3-4,6,8,10-12,18H,5,7,9H2,1-2H3,(H,21,23)(H,22,24)/t18-/m1/s1. The Hall–Kier alpha value is -3.02. The Balaban J connectivity index is 1.68. The first-order chi connectivity index (χ1) is 12.6. The number of fused-ring (bicyclic) bond motifs is 1. The van der Waals surface area contributed by atoms with Gasteiger partial charge in [0.25, 0.3) is 5.91 Å². The summed E-state index contributed by atoms with van der Waals surface area (Å²) < 4.78 is 10.3. The number of nitrogens with one attached hydrogen (secondary N) is 2. The number of hydrogen-bond acceptors (Lipinski definition) is 4. The van der Waals surface area contributed by atoms with Gasteiger partial charge in [-0.3, -0.25) is 20.4 Å². The van der Waals surface area contributed by atoms with E-state index >= 15 is 0 Å². The number of amides is 2. The topological polar surface area (TPSA) is 76.7 Å². The van der Waals surface area contributed by atoms with Gasteiger partial charge in [-0.15, -0.1) is 0 Å². The van der Waals surface area contributed by atoms with Crippen LogP contribution in [-0.4, -0.2) is 26.0 Å². The van der Waals surface area contributed by atoms with Crippen molar-refractivity contribution in [3.8, 4) is 11.5 Å². The summed E-state index contributed by atoms with van der Waals surface area (Å²) in [5.41, 5.74) is 7.60. The molecule has 0 bridgehead atoms. The highest BCUT2D eigenvalue weighted by Gasteiger charge is 2.26. The number of hydrazine groups is 1. The number of carbonyl (C=O) groups is 2. The van der Waals surface area contributed by atoms with Gasteiger partial charge in [0.2, 0.25) is 5.91 Å². The van der Waals surface area contributed by atoms with Crippen molar-refractivity contribution in [2.45, 2.75) is 25.2 Å². The van der Waals surface area contributed by atoms with Gasteiger partial charge in [-0.25, -0.2) is 0 Å². The molecule has 2 amide bonds. The van der Waals surface area contributed by atoms with E-state index in [1.807, 2.05) is 18.2 Å². The number of benzene rings is 2. The molecule has 0 fully saturated rings. The molecule has 136 valence electrons. The van der Waals surface area contributed by atoms with E-state index in [9.17, 15) is 9.59 Å². The third-order valence-corrected chi connectivity index (χ3v) is 4.60. The smallest absolute Gasteiger partial charge is 0.269 e. The second kappa shape index (κ2) is 7.91. The molecule has 1 aliphatic rings. The highest BCUT2D eigenvalue weighted by atomic mass is 16.5. The molecule has 0 saturated heterocycles. The molecule has 0 aliphatic heterocycles. The quantitative estimate of drug-likeness (QED) is 0.828. The molecule has 0 heterocycles. The number of methoxy groups -OCH3 is 2. The van der Waals surface area contributed by atoms with E-state index < -0.39 is 5.91 Å². The maximum Gasteiger partial charge on any atom is 0.269 e. The lowest BCUT2D eigenvalue weighted by molar-refractivity contribution is -0.123. The van der Waals surface area contributed by atoms with Crippen LogP contribution < -0.4 is 20.3 Å². The Morgan fingerprint density at radius 3 is 2.38 bits per heavy atom. The van der Waals surface area contributed by atoms with Gasteiger partial charge in [-0.05, 0) is 42.5 Å². The molecule has 6 heteroatoms. The number of carbonyl (C=O) groups excluding carboxylic acids is 2. The third-order valence-electron chi connectivity index (χ3n) is 4.60. The first-order valence-electron chi connectivity index (χ1n) is 8.53. The van der Waals surface area contributed by atoms with E-state index in [0.717, 1.165) is 24.8 Å². The summed E-state index contributed by atoms with van der Waals surface area (Å²) in [5.74, 6) is 0.115. The zero-order chi connectivity index (χ0) is 18.5. The van der Waals surface area contributed by atoms with Crippen molar-refractivity contribution in [1.29, 1.82) is 0 Å². The Labute approximate surface area is 152 Å². The molecule has 26 heavy (non-hydrogen) atoms. The van der Waals surface area contributed by atoms with Gasteiger partial charge in [0, 0.05) is 11.6 Å². The summed E-state index contributed by atoms with van der Waals surface area (Å²) in [6.07, 6.45) is 2.71. The molecule has 0 radical (unpaired) electrons. The summed E-state index contributed by atoms with van der Waals surface area (Å²) >= 11 is 0. The van der Waals surface area contributed by atoms with Gasteiger partial charge < -0.3 is 9.47 Å². The number of hydrogen-bond donors (Lipinski definition) is 2. The van der Waals surface area contributed by atoms with E-state index in [2.05, 4.69) is 16.9 Å². The molecule has 2 aromatic carbocycles. The van der Waals surface area contributed by atoms with Crippen LogP contribution in [0.3, 0.4) is 0 Å². The minimum atomic E-state index is -0.431. The fourth-order valence-electron chi connectivity index (χ4n) is 3.24. The average molecular weight is 354 g/mol. The monoisotopic (exact) mass is 354 g/mol. The first-order valence-corrected chi connectivity index (χ1v) is 8.53. The van der Waals surface area contributed by atoms with Gasteiger partial charge in [0.1, 0.15) is 11.5 Å². The second-order valence-corrected chi connectivity index (χ2v) is 6.19. The van der Waals surface area contributed by atoms with Crippen LogP contribution in [0.1, 0.15) is 40.2 Å². The van der Waals surface area contributed by atoms with E-state index in [1.54, 1.807) is 18.2 Å².